The highest BCUT2D eigenvalue weighted by Crippen LogP contribution is 2.68. The highest BCUT2D eigenvalue weighted by atomic mass is 79.9. The molecule has 7 nitrogen and oxygen atoms in total. The van der Waals surface area contributed by atoms with Gasteiger partial charge < -0.3 is 20.6 Å². The third-order valence-corrected chi connectivity index (χ3v) is 10.5. The molecule has 192 valence electrons. The third kappa shape index (κ3) is 4.76. The van der Waals surface area contributed by atoms with E-state index in [-0.39, 0.29) is 34.4 Å². The monoisotopic (exact) mass is 565 g/mol. The number of likely N-dealkylation sites (tertiary alicyclic amines) is 1. The predicted octanol–water partition coefficient (Wildman–Crippen LogP) is 2.50. The van der Waals surface area contributed by atoms with Crippen molar-refractivity contribution in [3.8, 4) is 0 Å². The van der Waals surface area contributed by atoms with E-state index in [1.165, 1.54) is 0 Å². The Bertz CT molecular complexity index is 971. The van der Waals surface area contributed by atoms with Crippen LogP contribution in [0.4, 0.5) is 0 Å². The fourth-order valence-corrected chi connectivity index (χ4v) is 9.60. The lowest BCUT2D eigenvalue weighted by atomic mass is 9.70. The number of thioether (sulfide) groups is 1. The Kier molecular flexibility index (Phi) is 7.61. The van der Waals surface area contributed by atoms with Crippen LogP contribution >= 0.6 is 27.7 Å². The Morgan fingerprint density at radius 1 is 1.26 bits per heavy atom. The van der Waals surface area contributed by atoms with E-state index < -0.39 is 34.2 Å². The van der Waals surface area contributed by atoms with E-state index in [0.29, 0.717) is 19.4 Å². The maximum absolute atomic E-state index is 14.2. The molecule has 0 radical (unpaired) electrons. The first-order valence-corrected chi connectivity index (χ1v) is 14.2. The summed E-state index contributed by atoms with van der Waals surface area (Å²) in [6.45, 7) is 8.04. The van der Waals surface area contributed by atoms with E-state index in [1.54, 1.807) is 16.7 Å². The van der Waals surface area contributed by atoms with Gasteiger partial charge in [-0.15, -0.1) is 11.8 Å². The quantitative estimate of drug-likeness (QED) is 0.420. The summed E-state index contributed by atoms with van der Waals surface area (Å²) in [7, 11) is 0. The lowest BCUT2D eigenvalue weighted by Crippen LogP contribution is -2.59. The van der Waals surface area contributed by atoms with Crippen LogP contribution in [0.5, 0.6) is 0 Å². The van der Waals surface area contributed by atoms with Crippen molar-refractivity contribution in [3.05, 3.63) is 35.9 Å². The molecule has 3 N–H and O–H groups in total. The number of hydrogen-bond donors (Lipinski definition) is 3. The predicted molar refractivity (Wildman–Crippen MR) is 141 cm³/mol. The van der Waals surface area contributed by atoms with Gasteiger partial charge in [0.05, 0.1) is 29.2 Å². The summed E-state index contributed by atoms with van der Waals surface area (Å²) in [6, 6.07) is 8.37. The van der Waals surface area contributed by atoms with Crippen LogP contribution in [0.2, 0.25) is 0 Å². The normalized spacial score (nSPS) is 32.5. The number of carbonyl (C=O) groups excluding carboxylic acids is 3. The number of rotatable bonds is 8. The van der Waals surface area contributed by atoms with Crippen LogP contribution in [0, 0.1) is 11.8 Å². The van der Waals surface area contributed by atoms with Crippen molar-refractivity contribution in [2.75, 3.05) is 13.2 Å². The summed E-state index contributed by atoms with van der Waals surface area (Å²) >= 11 is 5.40. The van der Waals surface area contributed by atoms with E-state index in [2.05, 4.69) is 26.6 Å². The Morgan fingerprint density at radius 2 is 1.94 bits per heavy atom. The van der Waals surface area contributed by atoms with E-state index in [0.717, 1.165) is 12.0 Å². The molecule has 3 aliphatic heterocycles. The fourth-order valence-electron chi connectivity index (χ4n) is 6.00. The molecule has 0 saturated carbocycles. The van der Waals surface area contributed by atoms with E-state index in [4.69, 9.17) is 0 Å². The first-order valence-electron chi connectivity index (χ1n) is 12.4. The number of halogens is 1. The zero-order chi connectivity index (χ0) is 25.5. The Hall–Kier alpha value is -1.58. The number of hydrogen-bond acceptors (Lipinski definition) is 5. The molecule has 3 amide bonds. The SMILES string of the molecule is CCCNC(=O)[C@H]1[C@@H]2SC3(CC2Br)C(C(=O)NC(C)(C)C)N([C@@H](CO)Cc2ccccc2)C(=O)[C@H]13. The number of carbonyl (C=O) groups is 3. The molecule has 0 aliphatic carbocycles. The van der Waals surface area contributed by atoms with Crippen molar-refractivity contribution in [3.63, 3.8) is 0 Å². The molecule has 7 atom stereocenters. The van der Waals surface area contributed by atoms with Crippen LogP contribution in [0.3, 0.4) is 0 Å². The standard InChI is InChI=1S/C26H36BrN3O4S/c1-5-11-28-22(32)18-19-24(34)30(16(14-31)12-15-9-7-6-8-10-15)21(23(33)29-25(2,3)4)26(19)13-17(27)20(18)35-26/h6-10,16-21,31H,5,11-14H2,1-4H3,(H,28,32)(H,29,33)/t16-,17?,18-,19+,20-,21?,26?/m1/s1. The molecule has 1 spiro atoms. The molecule has 1 aromatic rings. The second-order valence-electron chi connectivity index (χ2n) is 11.0. The average Bonchev–Trinajstić information content (AvgIpc) is 3.38. The van der Waals surface area contributed by atoms with Gasteiger partial charge in [0.1, 0.15) is 6.04 Å². The number of nitrogens with one attached hydrogen (secondary N) is 2. The lowest BCUT2D eigenvalue weighted by Gasteiger charge is -2.39. The van der Waals surface area contributed by atoms with Crippen LogP contribution in [0.15, 0.2) is 30.3 Å². The van der Waals surface area contributed by atoms with Crippen LogP contribution in [0.25, 0.3) is 0 Å². The lowest BCUT2D eigenvalue weighted by molar-refractivity contribution is -0.143. The summed E-state index contributed by atoms with van der Waals surface area (Å²) < 4.78 is -0.719. The molecule has 3 fully saturated rings. The van der Waals surface area contributed by atoms with E-state index in [9.17, 15) is 19.5 Å². The highest BCUT2D eigenvalue weighted by Gasteiger charge is 2.76. The van der Waals surface area contributed by atoms with Crippen molar-refractivity contribution < 1.29 is 19.5 Å². The Morgan fingerprint density at radius 3 is 2.54 bits per heavy atom. The van der Waals surface area contributed by atoms with Crippen molar-refractivity contribution in [2.24, 2.45) is 11.8 Å². The number of amides is 3. The summed E-state index contributed by atoms with van der Waals surface area (Å²) in [5.74, 6) is -1.64. The number of fused-ring (bicyclic) bond motifs is 1. The maximum atomic E-state index is 14.2. The summed E-state index contributed by atoms with van der Waals surface area (Å²) in [6.07, 6.45) is 1.87. The zero-order valence-electron chi connectivity index (χ0n) is 20.8. The van der Waals surface area contributed by atoms with Gasteiger partial charge in [0.25, 0.3) is 0 Å². The zero-order valence-corrected chi connectivity index (χ0v) is 23.2. The largest absolute Gasteiger partial charge is 0.394 e. The molecule has 9 heteroatoms. The van der Waals surface area contributed by atoms with Crippen molar-refractivity contribution in [2.45, 2.75) is 79.4 Å². The van der Waals surface area contributed by atoms with Gasteiger partial charge in [-0.3, -0.25) is 14.4 Å². The molecule has 4 rings (SSSR count). The van der Waals surface area contributed by atoms with Gasteiger partial charge in [0.2, 0.25) is 17.7 Å². The maximum Gasteiger partial charge on any atom is 0.244 e. The fraction of sp³-hybridized carbons (Fsp3) is 0.654. The van der Waals surface area contributed by atoms with E-state index >= 15 is 0 Å². The Balaban J connectivity index is 1.76. The van der Waals surface area contributed by atoms with Gasteiger partial charge in [-0.2, -0.15) is 0 Å². The second-order valence-corrected chi connectivity index (χ2v) is 13.7. The third-order valence-electron chi connectivity index (χ3n) is 7.24. The molecule has 3 aliphatic rings. The molecular formula is C26H36BrN3O4S. The van der Waals surface area contributed by atoms with Gasteiger partial charge in [-0.1, -0.05) is 53.2 Å². The van der Waals surface area contributed by atoms with Crippen molar-refractivity contribution in [1.82, 2.24) is 15.5 Å². The van der Waals surface area contributed by atoms with Gasteiger partial charge in [-0.05, 0) is 45.6 Å². The number of aliphatic hydroxyl groups excluding tert-OH is 1. The number of nitrogens with zero attached hydrogens (tertiary/aromatic N) is 1. The minimum absolute atomic E-state index is 0.0283. The van der Waals surface area contributed by atoms with Crippen LogP contribution < -0.4 is 10.6 Å². The first-order chi connectivity index (χ1) is 16.5. The smallest absolute Gasteiger partial charge is 0.244 e. The van der Waals surface area contributed by atoms with Crippen LogP contribution in [-0.2, 0) is 20.8 Å². The Labute approximate surface area is 220 Å². The van der Waals surface area contributed by atoms with Gasteiger partial charge in [-0.25, -0.2) is 0 Å². The van der Waals surface area contributed by atoms with Gasteiger partial charge in [0, 0.05) is 22.2 Å². The molecule has 2 bridgehead atoms. The summed E-state index contributed by atoms with van der Waals surface area (Å²) in [5, 5.41) is 16.5. The van der Waals surface area contributed by atoms with E-state index in [1.807, 2.05) is 58.0 Å². The topological polar surface area (TPSA) is 98.7 Å². The minimum atomic E-state index is -0.765. The van der Waals surface area contributed by atoms with Gasteiger partial charge in [0.15, 0.2) is 0 Å². The van der Waals surface area contributed by atoms with Crippen LogP contribution in [0.1, 0.15) is 46.1 Å². The number of aliphatic hydroxyl groups is 1. The average molecular weight is 567 g/mol. The summed E-state index contributed by atoms with van der Waals surface area (Å²) in [5.41, 5.74) is 0.498. The molecular weight excluding hydrogens is 530 g/mol. The number of alkyl halides is 1. The van der Waals surface area contributed by atoms with Crippen molar-refractivity contribution >= 4 is 45.4 Å². The number of benzene rings is 1. The van der Waals surface area contributed by atoms with Gasteiger partial charge >= 0.3 is 0 Å². The first kappa shape index (κ1) is 26.5. The molecule has 1 aromatic carbocycles. The highest BCUT2D eigenvalue weighted by molar-refractivity contribution is 9.09. The molecule has 3 unspecified atom stereocenters. The minimum Gasteiger partial charge on any atom is -0.394 e. The summed E-state index contributed by atoms with van der Waals surface area (Å²) in [4.78, 5) is 43.0. The second kappa shape index (κ2) is 10.1. The van der Waals surface area contributed by atoms with Crippen LogP contribution in [-0.4, -0.2) is 73.3 Å². The molecule has 3 heterocycles. The molecule has 35 heavy (non-hydrogen) atoms. The van der Waals surface area contributed by atoms with Crippen molar-refractivity contribution in [1.29, 1.82) is 0 Å². The molecule has 0 aromatic heterocycles. The molecule has 3 saturated heterocycles.